The Morgan fingerprint density at radius 2 is 1.37 bits per heavy atom. The number of rotatable bonds is 8. The van der Waals surface area contributed by atoms with Crippen LogP contribution in [0, 0.1) is 56.7 Å². The molecule has 0 aromatic rings. The van der Waals surface area contributed by atoms with Gasteiger partial charge >= 0.3 is 5.97 Å². The first-order chi connectivity index (χ1) is 29.5. The van der Waals surface area contributed by atoms with Crippen LogP contribution in [0.15, 0.2) is 11.6 Å². The molecule has 8 aliphatic rings. The van der Waals surface area contributed by atoms with E-state index in [2.05, 4.69) is 54.5 Å². The highest BCUT2D eigenvalue weighted by atomic mass is 16.8. The van der Waals surface area contributed by atoms with Crippen molar-refractivity contribution >= 4 is 5.97 Å². The second kappa shape index (κ2) is 17.0. The molecule has 0 aromatic heterocycles. The summed E-state index contributed by atoms with van der Waals surface area (Å²) in [6, 6.07) is 0. The van der Waals surface area contributed by atoms with Gasteiger partial charge in [0.05, 0.1) is 30.8 Å². The van der Waals surface area contributed by atoms with Crippen LogP contribution in [0.3, 0.4) is 0 Å². The fourth-order valence-electron chi connectivity index (χ4n) is 15.0. The zero-order valence-electron chi connectivity index (χ0n) is 38.3. The molecule has 3 aliphatic heterocycles. The van der Waals surface area contributed by atoms with Crippen molar-refractivity contribution in [3.05, 3.63) is 11.6 Å². The fourth-order valence-corrected chi connectivity index (χ4v) is 15.0. The van der Waals surface area contributed by atoms with Crippen LogP contribution in [0.4, 0.5) is 0 Å². The van der Waals surface area contributed by atoms with Gasteiger partial charge in [0.25, 0.3) is 0 Å². The Hall–Kier alpha value is -1.35. The molecule has 8 rings (SSSR count). The summed E-state index contributed by atoms with van der Waals surface area (Å²) in [4.78, 5) is 13.2. The predicted molar refractivity (Wildman–Crippen MR) is 223 cm³/mol. The zero-order chi connectivity index (χ0) is 45.9. The second-order valence-corrected chi connectivity index (χ2v) is 22.4. The molecular weight excluding hydrogens is 821 g/mol. The number of aliphatic carboxylic acids is 1. The summed E-state index contributed by atoms with van der Waals surface area (Å²) in [5.41, 5.74) is -0.0269. The Morgan fingerprint density at radius 1 is 0.714 bits per heavy atom. The van der Waals surface area contributed by atoms with Gasteiger partial charge in [-0.3, -0.25) is 4.79 Å². The van der Waals surface area contributed by atoms with Crippen molar-refractivity contribution in [2.45, 2.75) is 205 Å². The number of carboxylic acid groups (broad SMARTS) is 1. The van der Waals surface area contributed by atoms with E-state index in [0.29, 0.717) is 24.7 Å². The summed E-state index contributed by atoms with van der Waals surface area (Å²) in [6.45, 7) is 16.9. The molecular formula is C47H76O16. The zero-order valence-corrected chi connectivity index (χ0v) is 38.3. The van der Waals surface area contributed by atoms with Crippen LogP contribution < -0.4 is 0 Å². The lowest BCUT2D eigenvalue weighted by Gasteiger charge is -2.71. The Balaban J connectivity index is 1.07. The second-order valence-electron chi connectivity index (χ2n) is 22.4. The van der Waals surface area contributed by atoms with Gasteiger partial charge in [0.1, 0.15) is 61.0 Å². The van der Waals surface area contributed by atoms with E-state index in [1.165, 1.54) is 12.5 Å². The van der Waals surface area contributed by atoms with Crippen LogP contribution >= 0.6 is 0 Å². The summed E-state index contributed by atoms with van der Waals surface area (Å²) in [5.74, 6) is 0.683. The molecule has 0 aromatic carbocycles. The Labute approximate surface area is 371 Å². The van der Waals surface area contributed by atoms with E-state index in [-0.39, 0.29) is 40.6 Å². The molecule has 3 heterocycles. The number of hydrogen-bond acceptors (Lipinski definition) is 15. The normalized spacial score (nSPS) is 55.7. The minimum atomic E-state index is -1.80. The Bertz CT molecular complexity index is 1710. The van der Waals surface area contributed by atoms with Crippen LogP contribution in [-0.4, -0.2) is 157 Å². The number of carboxylic acids is 1. The van der Waals surface area contributed by atoms with Crippen molar-refractivity contribution < 1.29 is 79.2 Å². The van der Waals surface area contributed by atoms with Crippen LogP contribution in [0.25, 0.3) is 0 Å². The van der Waals surface area contributed by atoms with Crippen molar-refractivity contribution in [3.63, 3.8) is 0 Å². The third-order valence-corrected chi connectivity index (χ3v) is 19.3. The molecule has 0 amide bonds. The highest BCUT2D eigenvalue weighted by Gasteiger charge is 2.70. The molecule has 63 heavy (non-hydrogen) atoms. The molecule has 4 saturated carbocycles. The number of fused-ring (bicyclic) bond motifs is 7. The highest BCUT2D eigenvalue weighted by molar-refractivity contribution is 5.76. The van der Waals surface area contributed by atoms with Crippen molar-refractivity contribution in [1.29, 1.82) is 0 Å². The van der Waals surface area contributed by atoms with Gasteiger partial charge in [-0.05, 0) is 116 Å². The average molecular weight is 897 g/mol. The SMILES string of the molecule is C[C@H]1[C@H](C)CC[C@]2(C(=O)O)CC[C@]3(C)C(=CC[C@@H]4[C@@]5(C)CC[C@@H](O[C@@H]6OC[C@@H](O)[C@@H](O[C@@H]7O[C@H](CO)[C@@H](O)[C@@H](O)[C@@H]7O)[C@H]6O[C@H]6O[C@@H](C)[C@@H](O)[C@@H](O)[C@@H]6O)C(C)(C)[C@H]5CC[C@@]43C)[C@@H]12. The standard InChI is InChI=1S/C47H76O16/c1-21-11-16-47(42(56)57)18-17-45(7)24(30(47)22(21)2)9-10-28-44(6)14-13-29(43(4,5)27(44)12-15-46(28,45)8)61-41-38(63-39-35(54)33(52)31(50)23(3)59-39)37(25(49)20-58-41)62-40-36(55)34(53)32(51)26(19-48)60-40/h9,21-23,25-41,48-55H,10-20H2,1-8H3,(H,56,57)/t21-,22+,23+,25-,26-,27-,28-,29-,30-,31-,32-,33-,34-,35+,36+,37-,38-,39-,40+,41+,44+,45-,46+,47+/m1/s1. The maximum atomic E-state index is 13.2. The summed E-state index contributed by atoms with van der Waals surface area (Å²) in [7, 11) is 0. The van der Waals surface area contributed by atoms with Crippen molar-refractivity contribution in [1.82, 2.24) is 0 Å². The molecule has 5 aliphatic carbocycles. The molecule has 0 unspecified atom stereocenters. The van der Waals surface area contributed by atoms with Gasteiger partial charge in [-0.15, -0.1) is 0 Å². The quantitative estimate of drug-likeness (QED) is 0.125. The van der Waals surface area contributed by atoms with E-state index in [4.69, 9.17) is 28.4 Å². The predicted octanol–water partition coefficient (Wildman–Crippen LogP) is 2.23. The number of allylic oxidation sites excluding steroid dienone is 2. The lowest BCUT2D eigenvalue weighted by atomic mass is 9.33. The summed E-state index contributed by atoms with van der Waals surface area (Å²) < 4.78 is 37.1. The monoisotopic (exact) mass is 897 g/mol. The van der Waals surface area contributed by atoms with E-state index >= 15 is 0 Å². The number of aliphatic hydroxyl groups is 8. The maximum absolute atomic E-state index is 13.2. The molecule has 3 saturated heterocycles. The molecule has 0 spiro atoms. The molecule has 360 valence electrons. The van der Waals surface area contributed by atoms with E-state index in [0.717, 1.165) is 44.9 Å². The minimum absolute atomic E-state index is 0.0238. The first-order valence-electron chi connectivity index (χ1n) is 23.7. The van der Waals surface area contributed by atoms with Crippen molar-refractivity contribution in [3.8, 4) is 0 Å². The van der Waals surface area contributed by atoms with Crippen LogP contribution in [0.5, 0.6) is 0 Å². The number of aliphatic hydroxyl groups excluding tert-OH is 8. The van der Waals surface area contributed by atoms with Gasteiger partial charge in [0.2, 0.25) is 0 Å². The van der Waals surface area contributed by atoms with Gasteiger partial charge < -0.3 is 74.4 Å². The first kappa shape index (κ1) is 48.1. The number of hydrogen-bond donors (Lipinski definition) is 9. The van der Waals surface area contributed by atoms with Gasteiger partial charge in [-0.2, -0.15) is 0 Å². The Kier molecular flexibility index (Phi) is 13.0. The van der Waals surface area contributed by atoms with Crippen molar-refractivity contribution in [2.75, 3.05) is 13.2 Å². The van der Waals surface area contributed by atoms with E-state index in [1.54, 1.807) is 0 Å². The first-order valence-corrected chi connectivity index (χ1v) is 23.7. The topological polar surface area (TPSA) is 255 Å². The van der Waals surface area contributed by atoms with Gasteiger partial charge in [0.15, 0.2) is 18.9 Å². The number of carbonyl (C=O) groups is 1. The van der Waals surface area contributed by atoms with Crippen LogP contribution in [-0.2, 0) is 33.2 Å². The van der Waals surface area contributed by atoms with E-state index < -0.39 is 116 Å². The fraction of sp³-hybridized carbons (Fsp3) is 0.936. The lowest BCUT2D eigenvalue weighted by molar-refractivity contribution is -0.388. The third-order valence-electron chi connectivity index (χ3n) is 19.3. The minimum Gasteiger partial charge on any atom is -0.481 e. The molecule has 16 heteroatoms. The number of ether oxygens (including phenoxy) is 6. The van der Waals surface area contributed by atoms with Gasteiger partial charge in [-0.1, -0.05) is 60.1 Å². The molecule has 9 N–H and O–H groups in total. The Morgan fingerprint density at radius 3 is 2.03 bits per heavy atom. The average Bonchev–Trinajstić information content (AvgIpc) is 3.23. The lowest BCUT2D eigenvalue weighted by Crippen LogP contribution is -2.67. The smallest absolute Gasteiger partial charge is 0.310 e. The molecule has 24 atom stereocenters. The largest absolute Gasteiger partial charge is 0.481 e. The molecule has 0 bridgehead atoms. The molecule has 7 fully saturated rings. The van der Waals surface area contributed by atoms with E-state index in [9.17, 15) is 50.8 Å². The maximum Gasteiger partial charge on any atom is 0.310 e. The van der Waals surface area contributed by atoms with Crippen LogP contribution in [0.1, 0.15) is 113 Å². The molecule has 16 nitrogen and oxygen atoms in total. The summed E-state index contributed by atoms with van der Waals surface area (Å²) in [6.07, 6.45) is -11.3. The summed E-state index contributed by atoms with van der Waals surface area (Å²) in [5, 5.41) is 96.2. The van der Waals surface area contributed by atoms with Crippen LogP contribution in [0.2, 0.25) is 0 Å². The van der Waals surface area contributed by atoms with Gasteiger partial charge in [-0.25, -0.2) is 0 Å². The summed E-state index contributed by atoms with van der Waals surface area (Å²) >= 11 is 0. The third kappa shape index (κ3) is 7.33. The van der Waals surface area contributed by atoms with Gasteiger partial charge in [0, 0.05) is 0 Å². The van der Waals surface area contributed by atoms with E-state index in [1.807, 2.05) is 0 Å². The van der Waals surface area contributed by atoms with Crippen molar-refractivity contribution in [2.24, 2.45) is 56.7 Å². The highest BCUT2D eigenvalue weighted by Crippen LogP contribution is 2.76. The molecule has 0 radical (unpaired) electrons.